The van der Waals surface area contributed by atoms with Crippen LogP contribution in [0.1, 0.15) is 6.42 Å². The van der Waals surface area contributed by atoms with Crippen LogP contribution in [0.3, 0.4) is 0 Å². The number of para-hydroxylation sites is 1. The van der Waals surface area contributed by atoms with Crippen LogP contribution in [-0.4, -0.2) is 37.5 Å². The molecule has 4 bridgehead atoms. The van der Waals surface area contributed by atoms with Crippen LogP contribution in [0.4, 0.5) is 5.69 Å². The number of aliphatic hydroxyl groups excluding tert-OH is 1. The fourth-order valence-electron chi connectivity index (χ4n) is 5.84. The summed E-state index contributed by atoms with van der Waals surface area (Å²) in [4.78, 5) is 2.46. The Morgan fingerprint density at radius 1 is 1.04 bits per heavy atom. The first-order chi connectivity index (χ1) is 12.0. The molecule has 0 saturated heterocycles. The van der Waals surface area contributed by atoms with E-state index in [0.717, 1.165) is 12.1 Å². The Balaban J connectivity index is 1.63. The number of aliphatic hydroxyl groups is 1. The number of anilines is 1. The van der Waals surface area contributed by atoms with Crippen molar-refractivity contribution in [2.45, 2.75) is 28.2 Å². The topological polar surface area (TPSA) is 57.6 Å². The van der Waals surface area contributed by atoms with Gasteiger partial charge in [-0.3, -0.25) is 0 Å². The second-order valence-corrected chi connectivity index (χ2v) is 9.77. The summed E-state index contributed by atoms with van der Waals surface area (Å²) in [7, 11) is -1.55. The molecule has 2 aromatic carbocycles. The molecule has 130 valence electrons. The van der Waals surface area contributed by atoms with Crippen LogP contribution in [0.2, 0.25) is 0 Å². The standard InChI is InChI=1S/C20H21NO3S/c1-21(13-8-4-2-5-9-13)19-15-12-16-17(18(15)22)20(16,19)25(23,24)14-10-6-3-7-11-14/h2-11,15-19,22H,12H2,1H3/t15-,16+,17+,18+,19-,20-/m1/s1. The van der Waals surface area contributed by atoms with E-state index in [0.29, 0.717) is 4.90 Å². The Morgan fingerprint density at radius 3 is 2.20 bits per heavy atom. The number of benzene rings is 2. The van der Waals surface area contributed by atoms with Crippen molar-refractivity contribution in [2.75, 3.05) is 11.9 Å². The molecular formula is C20H21NO3S. The molecular weight excluding hydrogens is 334 g/mol. The average molecular weight is 355 g/mol. The molecule has 0 heterocycles. The third-order valence-electron chi connectivity index (χ3n) is 6.73. The van der Waals surface area contributed by atoms with Gasteiger partial charge in [-0.1, -0.05) is 36.4 Å². The predicted molar refractivity (Wildman–Crippen MR) is 96.1 cm³/mol. The Morgan fingerprint density at radius 2 is 1.64 bits per heavy atom. The lowest BCUT2D eigenvalue weighted by molar-refractivity contribution is 0.130. The second-order valence-electron chi connectivity index (χ2n) is 7.58. The maximum atomic E-state index is 13.6. The van der Waals surface area contributed by atoms with Crippen LogP contribution in [-0.2, 0) is 9.84 Å². The molecule has 0 amide bonds. The van der Waals surface area contributed by atoms with Crippen molar-refractivity contribution in [1.82, 2.24) is 0 Å². The van der Waals surface area contributed by atoms with E-state index in [1.807, 2.05) is 43.4 Å². The summed E-state index contributed by atoms with van der Waals surface area (Å²) in [6.07, 6.45) is 0.291. The molecule has 0 unspecified atom stereocenters. The number of hydrogen-bond acceptors (Lipinski definition) is 4. The maximum Gasteiger partial charge on any atom is 0.186 e. The molecule has 4 saturated carbocycles. The van der Waals surface area contributed by atoms with Gasteiger partial charge in [-0.25, -0.2) is 8.42 Å². The summed E-state index contributed by atoms with van der Waals surface area (Å²) in [5.41, 5.74) is 1.00. The normalized spacial score (nSPS) is 37.9. The molecule has 4 nitrogen and oxygen atoms in total. The highest BCUT2D eigenvalue weighted by atomic mass is 32.2. The molecule has 0 aliphatic heterocycles. The lowest BCUT2D eigenvalue weighted by Gasteiger charge is -2.34. The fourth-order valence-corrected chi connectivity index (χ4v) is 8.65. The van der Waals surface area contributed by atoms with Gasteiger partial charge in [0.15, 0.2) is 9.84 Å². The van der Waals surface area contributed by atoms with Crippen LogP contribution in [0.25, 0.3) is 0 Å². The number of rotatable bonds is 4. The van der Waals surface area contributed by atoms with Gasteiger partial charge in [0.25, 0.3) is 0 Å². The zero-order valence-electron chi connectivity index (χ0n) is 14.0. The van der Waals surface area contributed by atoms with Gasteiger partial charge in [0.1, 0.15) is 4.75 Å². The third kappa shape index (κ3) is 1.68. The summed E-state index contributed by atoms with van der Waals surface area (Å²) >= 11 is 0. The van der Waals surface area contributed by atoms with Gasteiger partial charge in [0.2, 0.25) is 0 Å². The van der Waals surface area contributed by atoms with E-state index in [4.69, 9.17) is 0 Å². The van der Waals surface area contributed by atoms with Gasteiger partial charge in [-0.2, -0.15) is 0 Å². The molecule has 4 aliphatic carbocycles. The first kappa shape index (κ1) is 15.4. The lowest BCUT2D eigenvalue weighted by atomic mass is 10.0. The van der Waals surface area contributed by atoms with Gasteiger partial charge in [0, 0.05) is 24.6 Å². The van der Waals surface area contributed by atoms with Crippen molar-refractivity contribution in [1.29, 1.82) is 0 Å². The maximum absolute atomic E-state index is 13.6. The first-order valence-electron chi connectivity index (χ1n) is 8.77. The molecule has 1 N–H and O–H groups in total. The molecule has 2 aromatic rings. The molecule has 6 atom stereocenters. The number of nitrogens with zero attached hydrogens (tertiary/aromatic N) is 1. The van der Waals surface area contributed by atoms with E-state index in [9.17, 15) is 13.5 Å². The van der Waals surface area contributed by atoms with Crippen molar-refractivity contribution in [3.8, 4) is 0 Å². The minimum atomic E-state index is -3.51. The second kappa shape index (κ2) is 4.86. The van der Waals surface area contributed by atoms with E-state index in [1.165, 1.54) is 0 Å². The van der Waals surface area contributed by atoms with Gasteiger partial charge in [0.05, 0.1) is 17.0 Å². The molecule has 5 heteroatoms. The van der Waals surface area contributed by atoms with E-state index < -0.39 is 20.7 Å². The summed E-state index contributed by atoms with van der Waals surface area (Å²) in [6, 6.07) is 18.4. The summed E-state index contributed by atoms with van der Waals surface area (Å²) in [6.45, 7) is 0. The molecule has 4 fully saturated rings. The number of sulfone groups is 1. The highest BCUT2D eigenvalue weighted by molar-refractivity contribution is 7.93. The van der Waals surface area contributed by atoms with Crippen LogP contribution >= 0.6 is 0 Å². The van der Waals surface area contributed by atoms with Crippen LogP contribution < -0.4 is 4.90 Å². The van der Waals surface area contributed by atoms with Crippen molar-refractivity contribution >= 4 is 15.5 Å². The van der Waals surface area contributed by atoms with Crippen LogP contribution in [0.5, 0.6) is 0 Å². The molecule has 6 rings (SSSR count). The first-order valence-corrected chi connectivity index (χ1v) is 10.2. The van der Waals surface area contributed by atoms with E-state index >= 15 is 0 Å². The summed E-state index contributed by atoms with van der Waals surface area (Å²) in [5.74, 6) is -0.0218. The minimum absolute atomic E-state index is 0.0266. The molecule has 0 aromatic heterocycles. The predicted octanol–water partition coefficient (Wildman–Crippen LogP) is 2.34. The fraction of sp³-hybridized carbons (Fsp3) is 0.400. The van der Waals surface area contributed by atoms with Gasteiger partial charge >= 0.3 is 0 Å². The van der Waals surface area contributed by atoms with Crippen molar-refractivity contribution in [3.05, 3.63) is 60.7 Å². The van der Waals surface area contributed by atoms with Crippen LogP contribution in [0.15, 0.2) is 65.6 Å². The Labute approximate surface area is 148 Å². The van der Waals surface area contributed by atoms with E-state index in [2.05, 4.69) is 4.90 Å². The van der Waals surface area contributed by atoms with E-state index in [1.54, 1.807) is 24.3 Å². The molecule has 0 radical (unpaired) electrons. The van der Waals surface area contributed by atoms with Crippen molar-refractivity contribution in [3.63, 3.8) is 0 Å². The highest BCUT2D eigenvalue weighted by Gasteiger charge is 2.89. The molecule has 0 spiro atoms. The zero-order chi connectivity index (χ0) is 17.4. The largest absolute Gasteiger partial charge is 0.392 e. The van der Waals surface area contributed by atoms with E-state index in [-0.39, 0.29) is 23.8 Å². The third-order valence-corrected chi connectivity index (χ3v) is 9.37. The zero-order valence-corrected chi connectivity index (χ0v) is 14.8. The average Bonchev–Trinajstić information content (AvgIpc) is 2.87. The minimum Gasteiger partial charge on any atom is -0.392 e. The smallest absolute Gasteiger partial charge is 0.186 e. The van der Waals surface area contributed by atoms with Crippen molar-refractivity contribution < 1.29 is 13.5 Å². The Hall–Kier alpha value is -1.85. The van der Waals surface area contributed by atoms with Gasteiger partial charge in [-0.05, 0) is 36.6 Å². The molecule has 25 heavy (non-hydrogen) atoms. The summed E-state index contributed by atoms with van der Waals surface area (Å²) in [5, 5.41) is 10.7. The Bertz CT molecular complexity index is 914. The molecule has 4 aliphatic rings. The lowest BCUT2D eigenvalue weighted by Crippen LogP contribution is -2.47. The highest BCUT2D eigenvalue weighted by Crippen LogP contribution is 2.78. The Kier molecular flexibility index (Phi) is 3.00. The van der Waals surface area contributed by atoms with Crippen molar-refractivity contribution in [2.24, 2.45) is 17.8 Å². The van der Waals surface area contributed by atoms with Gasteiger partial charge in [-0.15, -0.1) is 0 Å². The van der Waals surface area contributed by atoms with Crippen LogP contribution in [0, 0.1) is 17.8 Å². The van der Waals surface area contributed by atoms with Gasteiger partial charge < -0.3 is 10.0 Å². The summed E-state index contributed by atoms with van der Waals surface area (Å²) < 4.78 is 26.3. The monoisotopic (exact) mass is 355 g/mol. The SMILES string of the molecule is CN(c1ccccc1)[C@@H]1[C@@H]2C[C@H]3[C@@H]([C@H]2O)[C@]31S(=O)(=O)c1ccccc1. The number of hydrogen-bond donors (Lipinski definition) is 1. The quantitative estimate of drug-likeness (QED) is 0.915.